The van der Waals surface area contributed by atoms with E-state index in [2.05, 4.69) is 0 Å². The van der Waals surface area contributed by atoms with Gasteiger partial charge in [-0.05, 0) is 12.1 Å². The van der Waals surface area contributed by atoms with Crippen molar-refractivity contribution in [3.05, 3.63) is 29.0 Å². The molecule has 0 saturated carbocycles. The molecule has 0 atom stereocenters. The van der Waals surface area contributed by atoms with Crippen LogP contribution in [0.3, 0.4) is 0 Å². The second-order valence-corrected chi connectivity index (χ2v) is 3.67. The van der Waals surface area contributed by atoms with E-state index in [9.17, 15) is 4.79 Å². The summed E-state index contributed by atoms with van der Waals surface area (Å²) in [6.45, 7) is 0. The van der Waals surface area contributed by atoms with Crippen LogP contribution < -0.4 is 4.74 Å². The maximum Gasteiger partial charge on any atom is 0.307 e. The van der Waals surface area contributed by atoms with Crippen molar-refractivity contribution >= 4 is 28.5 Å². The molecule has 84 valence electrons. The summed E-state index contributed by atoms with van der Waals surface area (Å²) in [4.78, 5) is 10.7. The van der Waals surface area contributed by atoms with Gasteiger partial charge in [0.2, 0.25) is 0 Å². The summed E-state index contributed by atoms with van der Waals surface area (Å²) in [6.07, 6.45) is 1.37. The number of aliphatic carboxylic acids is 1. The van der Waals surface area contributed by atoms with E-state index in [1.54, 1.807) is 12.1 Å². The zero-order chi connectivity index (χ0) is 11.7. The summed E-state index contributed by atoms with van der Waals surface area (Å²) in [7, 11) is 1.45. The number of halogens is 1. The Morgan fingerprint density at radius 2 is 2.38 bits per heavy atom. The Bertz CT molecular complexity index is 544. The zero-order valence-corrected chi connectivity index (χ0v) is 9.25. The molecule has 1 aromatic carbocycles. The molecule has 16 heavy (non-hydrogen) atoms. The first-order valence-electron chi connectivity index (χ1n) is 4.58. The third kappa shape index (κ3) is 1.72. The van der Waals surface area contributed by atoms with Crippen LogP contribution in [0.1, 0.15) is 5.56 Å². The van der Waals surface area contributed by atoms with E-state index in [1.165, 1.54) is 13.4 Å². The van der Waals surface area contributed by atoms with Crippen LogP contribution in [0.4, 0.5) is 0 Å². The highest BCUT2D eigenvalue weighted by Gasteiger charge is 2.16. The maximum absolute atomic E-state index is 10.7. The first-order valence-corrected chi connectivity index (χ1v) is 4.95. The molecule has 0 saturated heterocycles. The fourth-order valence-electron chi connectivity index (χ4n) is 1.62. The average Bonchev–Trinajstić information content (AvgIpc) is 2.65. The summed E-state index contributed by atoms with van der Waals surface area (Å²) in [6, 6.07) is 3.43. The van der Waals surface area contributed by atoms with Gasteiger partial charge < -0.3 is 14.3 Å². The predicted octanol–water partition coefficient (Wildman–Crippen LogP) is 2.72. The van der Waals surface area contributed by atoms with Crippen molar-refractivity contribution in [3.63, 3.8) is 0 Å². The van der Waals surface area contributed by atoms with Crippen molar-refractivity contribution in [2.75, 3.05) is 7.11 Å². The van der Waals surface area contributed by atoms with Gasteiger partial charge in [0.05, 0.1) is 19.8 Å². The molecule has 2 rings (SSSR count). The molecule has 0 fully saturated rings. The van der Waals surface area contributed by atoms with Gasteiger partial charge in [-0.2, -0.15) is 0 Å². The minimum Gasteiger partial charge on any atom is -0.495 e. The van der Waals surface area contributed by atoms with Crippen LogP contribution in [0.2, 0.25) is 5.02 Å². The van der Waals surface area contributed by atoms with Gasteiger partial charge in [-0.15, -0.1) is 0 Å². The van der Waals surface area contributed by atoms with Crippen molar-refractivity contribution in [1.82, 2.24) is 0 Å². The number of benzene rings is 1. The summed E-state index contributed by atoms with van der Waals surface area (Å²) in [5.74, 6) is -0.580. The summed E-state index contributed by atoms with van der Waals surface area (Å²) in [5.41, 5.74) is 1.04. The van der Waals surface area contributed by atoms with E-state index >= 15 is 0 Å². The second kappa shape index (κ2) is 4.06. The number of carbonyl (C=O) groups is 1. The highest BCUT2D eigenvalue weighted by molar-refractivity contribution is 6.36. The highest BCUT2D eigenvalue weighted by atomic mass is 35.5. The summed E-state index contributed by atoms with van der Waals surface area (Å²) >= 11 is 6.06. The van der Waals surface area contributed by atoms with Crippen molar-refractivity contribution in [1.29, 1.82) is 0 Å². The number of ether oxygens (including phenoxy) is 1. The fourth-order valence-corrected chi connectivity index (χ4v) is 1.98. The molecular weight excluding hydrogens is 232 g/mol. The number of hydrogen-bond donors (Lipinski definition) is 1. The van der Waals surface area contributed by atoms with E-state index in [1.807, 2.05) is 0 Å². The number of methoxy groups -OCH3 is 1. The minimum atomic E-state index is -0.933. The number of rotatable bonds is 3. The van der Waals surface area contributed by atoms with E-state index in [4.69, 9.17) is 25.9 Å². The van der Waals surface area contributed by atoms with E-state index < -0.39 is 5.97 Å². The standard InChI is InChI=1S/C11H9ClO4/c1-15-10-7(5-8(13)14)4-6-2-3-16-11(6)9(10)12/h2-4H,5H2,1H3,(H,13,14). The molecule has 1 heterocycles. The van der Waals surface area contributed by atoms with Gasteiger partial charge in [-0.1, -0.05) is 11.6 Å². The lowest BCUT2D eigenvalue weighted by atomic mass is 10.1. The molecule has 0 aliphatic rings. The number of furan rings is 1. The number of fused-ring (bicyclic) bond motifs is 1. The smallest absolute Gasteiger partial charge is 0.307 e. The van der Waals surface area contributed by atoms with Crippen molar-refractivity contribution in [3.8, 4) is 5.75 Å². The normalized spacial score (nSPS) is 10.6. The Morgan fingerprint density at radius 3 is 3.00 bits per heavy atom. The fraction of sp³-hybridized carbons (Fsp3) is 0.182. The van der Waals surface area contributed by atoms with Crippen LogP contribution in [0.5, 0.6) is 5.75 Å². The van der Waals surface area contributed by atoms with Crippen LogP contribution >= 0.6 is 11.6 Å². The third-order valence-electron chi connectivity index (χ3n) is 2.26. The highest BCUT2D eigenvalue weighted by Crippen LogP contribution is 2.37. The van der Waals surface area contributed by atoms with Gasteiger partial charge in [0, 0.05) is 10.9 Å². The maximum atomic E-state index is 10.7. The van der Waals surface area contributed by atoms with E-state index in [0.717, 1.165) is 5.39 Å². The average molecular weight is 241 g/mol. The molecule has 5 heteroatoms. The molecular formula is C11H9ClO4. The first-order chi connectivity index (χ1) is 7.63. The molecule has 0 radical (unpaired) electrons. The molecule has 2 aromatic rings. The SMILES string of the molecule is COc1c(CC(=O)O)cc2ccoc2c1Cl. The molecule has 0 bridgehead atoms. The van der Waals surface area contributed by atoms with E-state index in [0.29, 0.717) is 21.9 Å². The molecule has 0 unspecified atom stereocenters. The Labute approximate surface area is 96.4 Å². The lowest BCUT2D eigenvalue weighted by Gasteiger charge is -2.08. The van der Waals surface area contributed by atoms with Crippen LogP contribution in [0, 0.1) is 0 Å². The van der Waals surface area contributed by atoms with Gasteiger partial charge in [-0.3, -0.25) is 4.79 Å². The quantitative estimate of drug-likeness (QED) is 0.896. The van der Waals surface area contributed by atoms with Crippen LogP contribution in [0.25, 0.3) is 11.0 Å². The van der Waals surface area contributed by atoms with Crippen LogP contribution in [-0.4, -0.2) is 18.2 Å². The summed E-state index contributed by atoms with van der Waals surface area (Å²) in [5, 5.41) is 9.85. The van der Waals surface area contributed by atoms with E-state index in [-0.39, 0.29) is 6.42 Å². The van der Waals surface area contributed by atoms with Crippen LogP contribution in [-0.2, 0) is 11.2 Å². The Kier molecular flexibility index (Phi) is 2.75. The lowest BCUT2D eigenvalue weighted by molar-refractivity contribution is -0.136. The minimum absolute atomic E-state index is 0.135. The van der Waals surface area contributed by atoms with Crippen LogP contribution in [0.15, 0.2) is 22.8 Å². The number of carboxylic acids is 1. The number of hydrogen-bond acceptors (Lipinski definition) is 3. The zero-order valence-electron chi connectivity index (χ0n) is 8.49. The largest absolute Gasteiger partial charge is 0.495 e. The topological polar surface area (TPSA) is 59.7 Å². The molecule has 4 nitrogen and oxygen atoms in total. The molecule has 0 aliphatic heterocycles. The third-order valence-corrected chi connectivity index (χ3v) is 2.60. The first kappa shape index (κ1) is 10.8. The lowest BCUT2D eigenvalue weighted by Crippen LogP contribution is -2.02. The molecule has 1 aromatic heterocycles. The molecule has 1 N–H and O–H groups in total. The molecule has 0 aliphatic carbocycles. The Balaban J connectivity index is 2.66. The Hall–Kier alpha value is -1.68. The molecule has 0 amide bonds. The van der Waals surface area contributed by atoms with Gasteiger partial charge in [0.25, 0.3) is 0 Å². The predicted molar refractivity (Wildman–Crippen MR) is 59.1 cm³/mol. The van der Waals surface area contributed by atoms with Gasteiger partial charge in [0.15, 0.2) is 5.58 Å². The number of carboxylic acid groups (broad SMARTS) is 1. The molecule has 0 spiro atoms. The Morgan fingerprint density at radius 1 is 1.62 bits per heavy atom. The van der Waals surface area contributed by atoms with Crippen molar-refractivity contribution < 1.29 is 19.1 Å². The monoisotopic (exact) mass is 240 g/mol. The summed E-state index contributed by atoms with van der Waals surface area (Å²) < 4.78 is 10.3. The second-order valence-electron chi connectivity index (χ2n) is 3.29. The van der Waals surface area contributed by atoms with Gasteiger partial charge in [-0.25, -0.2) is 0 Å². The van der Waals surface area contributed by atoms with Gasteiger partial charge in [0.1, 0.15) is 10.8 Å². The van der Waals surface area contributed by atoms with Gasteiger partial charge >= 0.3 is 5.97 Å². The van der Waals surface area contributed by atoms with Crippen molar-refractivity contribution in [2.45, 2.75) is 6.42 Å². The van der Waals surface area contributed by atoms with Crippen molar-refractivity contribution in [2.24, 2.45) is 0 Å².